The van der Waals surface area contributed by atoms with Crippen molar-refractivity contribution in [3.63, 3.8) is 0 Å². The molecule has 5 heteroatoms. The molecule has 1 aromatic carbocycles. The van der Waals surface area contributed by atoms with E-state index in [0.29, 0.717) is 12.1 Å². The highest BCUT2D eigenvalue weighted by molar-refractivity contribution is 8.18. The van der Waals surface area contributed by atoms with Crippen LogP contribution in [0.25, 0.3) is 11.8 Å². The predicted octanol–water partition coefficient (Wildman–Crippen LogP) is 6.42. The first-order valence-electron chi connectivity index (χ1n) is 11.8. The van der Waals surface area contributed by atoms with E-state index in [1.807, 2.05) is 24.3 Å². The number of thioether (sulfide) groups is 1. The van der Waals surface area contributed by atoms with Gasteiger partial charge >= 0.3 is 0 Å². The molecule has 1 amide bonds. The van der Waals surface area contributed by atoms with E-state index in [1.54, 1.807) is 11.8 Å². The predicted molar refractivity (Wildman–Crippen MR) is 129 cm³/mol. The molecule has 31 heavy (non-hydrogen) atoms. The Hall–Kier alpha value is -2.27. The molecular formula is C26H31N3OS. The first kappa shape index (κ1) is 20.6. The maximum Gasteiger partial charge on any atom is 0.267 e. The van der Waals surface area contributed by atoms with Crippen molar-refractivity contribution in [1.29, 1.82) is 0 Å². The van der Waals surface area contributed by atoms with Gasteiger partial charge in [-0.3, -0.25) is 14.7 Å². The number of para-hydroxylation sites is 1. The zero-order valence-corrected chi connectivity index (χ0v) is 18.9. The molecule has 2 aliphatic carbocycles. The number of amidine groups is 1. The number of carbonyl (C=O) groups is 1. The lowest BCUT2D eigenvalue weighted by Gasteiger charge is -2.31. The van der Waals surface area contributed by atoms with E-state index < -0.39 is 0 Å². The molecule has 5 rings (SSSR count). The summed E-state index contributed by atoms with van der Waals surface area (Å²) < 4.78 is 2.14. The van der Waals surface area contributed by atoms with E-state index in [4.69, 9.17) is 4.99 Å². The summed E-state index contributed by atoms with van der Waals surface area (Å²) in [7, 11) is 0. The summed E-state index contributed by atoms with van der Waals surface area (Å²) in [4.78, 5) is 21.6. The standard InChI is InChI=1S/C26H31N3OS/c30-25-24(19-23-17-10-18-28(23)21-13-6-2-7-14-21)31-26(27-20-11-4-1-5-12-20)29(25)22-15-8-3-9-16-22/h2,6-7,10,13-14,17-20,22H,1,3-5,8-9,11-12,15-16H2. The van der Waals surface area contributed by atoms with E-state index in [0.717, 1.165) is 47.1 Å². The maximum atomic E-state index is 13.6. The summed E-state index contributed by atoms with van der Waals surface area (Å²) in [6, 6.07) is 15.1. The quantitative estimate of drug-likeness (QED) is 0.522. The van der Waals surface area contributed by atoms with Crippen LogP contribution in [0.15, 0.2) is 58.6 Å². The van der Waals surface area contributed by atoms with E-state index in [-0.39, 0.29) is 5.91 Å². The van der Waals surface area contributed by atoms with Gasteiger partial charge in [-0.25, -0.2) is 0 Å². The Morgan fingerprint density at radius 2 is 1.58 bits per heavy atom. The second kappa shape index (κ2) is 9.47. The van der Waals surface area contributed by atoms with Gasteiger partial charge in [0.05, 0.1) is 10.9 Å². The second-order valence-corrected chi connectivity index (χ2v) is 9.93. The molecule has 0 N–H and O–H groups in total. The van der Waals surface area contributed by atoms with Crippen molar-refractivity contribution >= 4 is 28.9 Å². The van der Waals surface area contributed by atoms with E-state index in [1.165, 1.54) is 38.5 Å². The van der Waals surface area contributed by atoms with Crippen molar-refractivity contribution in [2.75, 3.05) is 0 Å². The van der Waals surface area contributed by atoms with Gasteiger partial charge in [-0.2, -0.15) is 0 Å². The largest absolute Gasteiger partial charge is 0.317 e. The highest BCUT2D eigenvalue weighted by Crippen LogP contribution is 2.38. The lowest BCUT2D eigenvalue weighted by molar-refractivity contribution is -0.124. The molecule has 0 bridgehead atoms. The van der Waals surface area contributed by atoms with Gasteiger partial charge in [-0.15, -0.1) is 0 Å². The van der Waals surface area contributed by atoms with Crippen LogP contribution in [0, 0.1) is 0 Å². The van der Waals surface area contributed by atoms with Gasteiger partial charge in [-0.1, -0.05) is 56.7 Å². The van der Waals surface area contributed by atoms with Gasteiger partial charge in [0.2, 0.25) is 0 Å². The molecule has 2 saturated carbocycles. The van der Waals surface area contributed by atoms with Crippen molar-refractivity contribution in [3.8, 4) is 5.69 Å². The number of hydrogen-bond acceptors (Lipinski definition) is 3. The number of aliphatic imine (C=N–C) groups is 1. The third-order valence-electron chi connectivity index (χ3n) is 6.74. The van der Waals surface area contributed by atoms with Gasteiger partial charge in [0, 0.05) is 23.6 Å². The Morgan fingerprint density at radius 1 is 0.871 bits per heavy atom. The number of hydrogen-bond donors (Lipinski definition) is 0. The summed E-state index contributed by atoms with van der Waals surface area (Å²) in [6.07, 6.45) is 16.2. The van der Waals surface area contributed by atoms with Crippen LogP contribution in [0.2, 0.25) is 0 Å². The molecule has 2 heterocycles. The third kappa shape index (κ3) is 4.52. The number of amides is 1. The first-order chi connectivity index (χ1) is 15.3. The first-order valence-corrected chi connectivity index (χ1v) is 12.6. The van der Waals surface area contributed by atoms with Crippen LogP contribution < -0.4 is 0 Å². The Labute approximate surface area is 189 Å². The maximum absolute atomic E-state index is 13.6. The molecule has 0 atom stereocenters. The number of benzene rings is 1. The summed E-state index contributed by atoms with van der Waals surface area (Å²) in [5.41, 5.74) is 2.14. The minimum atomic E-state index is 0.146. The van der Waals surface area contributed by atoms with Crippen LogP contribution in [0.3, 0.4) is 0 Å². The molecule has 2 aromatic rings. The van der Waals surface area contributed by atoms with Gasteiger partial charge in [-0.05, 0) is 67.8 Å². The van der Waals surface area contributed by atoms with Crippen LogP contribution in [-0.4, -0.2) is 32.6 Å². The molecule has 4 nitrogen and oxygen atoms in total. The number of aromatic nitrogens is 1. The molecule has 0 unspecified atom stereocenters. The fourth-order valence-corrected chi connectivity index (χ4v) is 6.17. The van der Waals surface area contributed by atoms with Crippen molar-refractivity contribution in [1.82, 2.24) is 9.47 Å². The third-order valence-corrected chi connectivity index (χ3v) is 7.74. The zero-order valence-electron chi connectivity index (χ0n) is 18.1. The Morgan fingerprint density at radius 3 is 2.32 bits per heavy atom. The van der Waals surface area contributed by atoms with E-state index in [9.17, 15) is 4.79 Å². The Bertz CT molecular complexity index is 966. The fraction of sp³-hybridized carbons (Fsp3) is 0.462. The number of nitrogens with zero attached hydrogens (tertiary/aromatic N) is 3. The van der Waals surface area contributed by atoms with Gasteiger partial charge < -0.3 is 4.57 Å². The lowest BCUT2D eigenvalue weighted by atomic mass is 9.94. The molecule has 1 aliphatic heterocycles. The molecule has 0 spiro atoms. The Balaban J connectivity index is 1.47. The average Bonchev–Trinajstić information content (AvgIpc) is 3.40. The molecule has 1 saturated heterocycles. The number of carbonyl (C=O) groups excluding carboxylic acids is 1. The molecular weight excluding hydrogens is 402 g/mol. The highest BCUT2D eigenvalue weighted by atomic mass is 32.2. The molecule has 162 valence electrons. The van der Waals surface area contributed by atoms with Crippen LogP contribution >= 0.6 is 11.8 Å². The second-order valence-electron chi connectivity index (χ2n) is 8.92. The zero-order chi connectivity index (χ0) is 21.0. The SMILES string of the molecule is O=C1C(=Cc2cccn2-c2ccccc2)SC(=NC2CCCCC2)N1C1CCCCC1. The van der Waals surface area contributed by atoms with Crippen molar-refractivity contribution in [2.45, 2.75) is 76.3 Å². The van der Waals surface area contributed by atoms with Crippen LogP contribution in [0.4, 0.5) is 0 Å². The monoisotopic (exact) mass is 433 g/mol. The van der Waals surface area contributed by atoms with Crippen molar-refractivity contribution in [2.24, 2.45) is 4.99 Å². The van der Waals surface area contributed by atoms with E-state index in [2.05, 4.69) is 39.9 Å². The van der Waals surface area contributed by atoms with Crippen LogP contribution in [-0.2, 0) is 4.79 Å². The number of rotatable bonds is 4. The smallest absolute Gasteiger partial charge is 0.267 e. The summed E-state index contributed by atoms with van der Waals surface area (Å²) in [6.45, 7) is 0. The van der Waals surface area contributed by atoms with Crippen molar-refractivity contribution in [3.05, 3.63) is 59.3 Å². The fourth-order valence-electron chi connectivity index (χ4n) is 5.07. The summed E-state index contributed by atoms with van der Waals surface area (Å²) in [5, 5.41) is 0.952. The molecule has 1 aromatic heterocycles. The van der Waals surface area contributed by atoms with Crippen LogP contribution in [0.1, 0.15) is 69.9 Å². The topological polar surface area (TPSA) is 37.6 Å². The van der Waals surface area contributed by atoms with Crippen LogP contribution in [0.5, 0.6) is 0 Å². The minimum absolute atomic E-state index is 0.146. The van der Waals surface area contributed by atoms with E-state index >= 15 is 0 Å². The molecule has 3 fully saturated rings. The molecule has 0 radical (unpaired) electrons. The average molecular weight is 434 g/mol. The van der Waals surface area contributed by atoms with Crippen molar-refractivity contribution < 1.29 is 4.79 Å². The van der Waals surface area contributed by atoms with Gasteiger partial charge in [0.15, 0.2) is 5.17 Å². The van der Waals surface area contributed by atoms with Gasteiger partial charge in [0.25, 0.3) is 5.91 Å². The van der Waals surface area contributed by atoms with Gasteiger partial charge in [0.1, 0.15) is 0 Å². The summed E-state index contributed by atoms with van der Waals surface area (Å²) in [5.74, 6) is 0.146. The highest BCUT2D eigenvalue weighted by Gasteiger charge is 2.39. The normalized spacial score (nSPS) is 23.9. The minimum Gasteiger partial charge on any atom is -0.317 e. The summed E-state index contributed by atoms with van der Waals surface area (Å²) >= 11 is 1.59. The molecule has 3 aliphatic rings. The lowest BCUT2D eigenvalue weighted by Crippen LogP contribution is -2.41. The Kier molecular flexibility index (Phi) is 6.30.